The summed E-state index contributed by atoms with van der Waals surface area (Å²) in [5, 5.41) is 23.1. The number of benzene rings is 1. The molecule has 0 aliphatic rings. The summed E-state index contributed by atoms with van der Waals surface area (Å²) in [4.78, 5) is 0. The predicted molar refractivity (Wildman–Crippen MR) is 76.8 cm³/mol. The van der Waals surface area contributed by atoms with Crippen LogP contribution in [-0.2, 0) is 6.54 Å². The molecule has 0 aliphatic carbocycles. The first-order chi connectivity index (χ1) is 9.51. The summed E-state index contributed by atoms with van der Waals surface area (Å²) < 4.78 is 31.0. The highest BCUT2D eigenvalue weighted by molar-refractivity contribution is 14.1. The molecule has 0 bridgehead atoms. The quantitative estimate of drug-likeness (QED) is 0.731. The molecular weight excluding hydrogens is 385 g/mol. The van der Waals surface area contributed by atoms with Gasteiger partial charge in [-0.15, -0.1) is 0 Å². The monoisotopic (exact) mass is 398 g/mol. The van der Waals surface area contributed by atoms with Crippen LogP contribution in [0.2, 0.25) is 0 Å². The van der Waals surface area contributed by atoms with Gasteiger partial charge in [-0.2, -0.15) is 13.9 Å². The molecule has 0 radical (unpaired) electrons. The minimum absolute atomic E-state index is 0.0837. The van der Waals surface area contributed by atoms with Crippen molar-refractivity contribution in [3.05, 3.63) is 21.9 Å². The van der Waals surface area contributed by atoms with Gasteiger partial charge in [0.2, 0.25) is 0 Å². The Kier molecular flexibility index (Phi) is 5.11. The number of ether oxygens (including phenoxy) is 1. The maximum Gasteiger partial charge on any atom is 0.387 e. The third-order valence-electron chi connectivity index (χ3n) is 2.79. The van der Waals surface area contributed by atoms with Crippen molar-refractivity contribution in [1.82, 2.24) is 9.78 Å². The number of alkyl halides is 2. The Labute approximate surface area is 127 Å². The van der Waals surface area contributed by atoms with Crippen LogP contribution in [0.4, 0.5) is 8.78 Å². The second kappa shape index (κ2) is 6.64. The molecule has 0 aliphatic heterocycles. The Bertz CT molecular complexity index is 591. The zero-order chi connectivity index (χ0) is 14.7. The van der Waals surface area contributed by atoms with Crippen LogP contribution in [0, 0.1) is 3.70 Å². The van der Waals surface area contributed by atoms with Crippen LogP contribution in [-0.4, -0.2) is 39.3 Å². The van der Waals surface area contributed by atoms with Crippen molar-refractivity contribution in [1.29, 1.82) is 0 Å². The van der Waals surface area contributed by atoms with Crippen molar-refractivity contribution in [2.75, 3.05) is 6.61 Å². The molecule has 2 rings (SSSR count). The molecule has 2 N–H and O–H groups in total. The van der Waals surface area contributed by atoms with Gasteiger partial charge < -0.3 is 14.9 Å². The number of aliphatic hydroxyl groups is 2. The first-order valence-corrected chi connectivity index (χ1v) is 6.99. The van der Waals surface area contributed by atoms with Gasteiger partial charge in [-0.25, -0.2) is 0 Å². The number of nitrogens with zero attached hydrogens (tertiary/aromatic N) is 2. The highest BCUT2D eigenvalue weighted by atomic mass is 127. The number of hydrogen-bond donors (Lipinski definition) is 2. The van der Waals surface area contributed by atoms with Gasteiger partial charge in [-0.1, -0.05) is 0 Å². The van der Waals surface area contributed by atoms with Gasteiger partial charge in [0, 0.05) is 11.9 Å². The Balaban J connectivity index is 2.25. The molecule has 110 valence electrons. The van der Waals surface area contributed by atoms with Crippen molar-refractivity contribution in [2.45, 2.75) is 25.7 Å². The number of aryl methyl sites for hydroxylation is 1. The molecular formula is C12H13F2IN2O3. The maximum atomic E-state index is 12.2. The first-order valence-electron chi connectivity index (χ1n) is 5.91. The van der Waals surface area contributed by atoms with E-state index in [0.29, 0.717) is 22.1 Å². The highest BCUT2D eigenvalue weighted by Gasteiger charge is 2.12. The summed E-state index contributed by atoms with van der Waals surface area (Å²) in [6, 6.07) is 4.61. The van der Waals surface area contributed by atoms with Gasteiger partial charge in [0.05, 0.1) is 18.2 Å². The normalized spacial score (nSPS) is 13.1. The summed E-state index contributed by atoms with van der Waals surface area (Å²) >= 11 is 2.01. The topological polar surface area (TPSA) is 67.5 Å². The maximum absolute atomic E-state index is 12.2. The number of aliphatic hydroxyl groups excluding tert-OH is 2. The van der Waals surface area contributed by atoms with E-state index in [1.165, 1.54) is 12.1 Å². The van der Waals surface area contributed by atoms with Gasteiger partial charge in [0.15, 0.2) is 0 Å². The van der Waals surface area contributed by atoms with Crippen LogP contribution < -0.4 is 4.74 Å². The number of aromatic nitrogens is 2. The summed E-state index contributed by atoms with van der Waals surface area (Å²) in [6.45, 7) is -2.74. The van der Waals surface area contributed by atoms with Crippen LogP contribution in [0.5, 0.6) is 5.75 Å². The lowest BCUT2D eigenvalue weighted by Crippen LogP contribution is -2.15. The van der Waals surface area contributed by atoms with Crippen molar-refractivity contribution < 1.29 is 23.7 Å². The molecule has 2 aromatic rings. The minimum atomic E-state index is -2.86. The van der Waals surface area contributed by atoms with Gasteiger partial charge >= 0.3 is 6.61 Å². The summed E-state index contributed by atoms with van der Waals surface area (Å²) in [5.74, 6) is 0.0837. The van der Waals surface area contributed by atoms with Gasteiger partial charge in [-0.3, -0.25) is 4.68 Å². The van der Waals surface area contributed by atoms with Gasteiger partial charge in [0.25, 0.3) is 0 Å². The fraction of sp³-hybridized carbons (Fsp3) is 0.417. The summed E-state index contributed by atoms with van der Waals surface area (Å²) in [6.07, 6.45) is -0.438. The van der Waals surface area contributed by atoms with E-state index in [0.717, 1.165) is 5.52 Å². The van der Waals surface area contributed by atoms with E-state index in [2.05, 4.69) is 9.84 Å². The zero-order valence-corrected chi connectivity index (χ0v) is 12.5. The molecule has 1 atom stereocenters. The van der Waals surface area contributed by atoms with Crippen molar-refractivity contribution in [3.8, 4) is 5.75 Å². The van der Waals surface area contributed by atoms with Crippen LogP contribution in [0.25, 0.3) is 10.9 Å². The fourth-order valence-electron chi connectivity index (χ4n) is 1.83. The number of fused-ring (bicyclic) bond motifs is 1. The lowest BCUT2D eigenvalue weighted by atomic mass is 10.2. The van der Waals surface area contributed by atoms with E-state index in [1.54, 1.807) is 10.7 Å². The van der Waals surface area contributed by atoms with Crippen molar-refractivity contribution >= 4 is 33.5 Å². The molecule has 1 aromatic heterocycles. The Morgan fingerprint density at radius 3 is 2.80 bits per heavy atom. The van der Waals surface area contributed by atoms with E-state index in [1.807, 2.05) is 22.6 Å². The lowest BCUT2D eigenvalue weighted by Gasteiger charge is -2.08. The van der Waals surface area contributed by atoms with E-state index in [9.17, 15) is 13.9 Å². The van der Waals surface area contributed by atoms with Crippen LogP contribution in [0.3, 0.4) is 0 Å². The average Bonchev–Trinajstić information content (AvgIpc) is 2.72. The number of halogens is 3. The third-order valence-corrected chi connectivity index (χ3v) is 3.58. The molecule has 0 saturated carbocycles. The fourth-order valence-corrected chi connectivity index (χ4v) is 2.52. The van der Waals surface area contributed by atoms with E-state index in [4.69, 9.17) is 5.11 Å². The SMILES string of the molecule is OCC(O)CCn1nc(I)c2cc(OC(F)F)ccc21. The standard InChI is InChI=1S/C12H13F2IN2O3/c13-12(14)20-8-1-2-10-9(5-8)11(15)16-17(10)4-3-7(19)6-18/h1-2,5,7,12,18-19H,3-4,6H2. The zero-order valence-electron chi connectivity index (χ0n) is 10.3. The van der Waals surface area contributed by atoms with E-state index in [-0.39, 0.29) is 12.4 Å². The predicted octanol–water partition coefficient (Wildman–Crippen LogP) is 1.99. The number of hydrogen-bond acceptors (Lipinski definition) is 4. The van der Waals surface area contributed by atoms with Crippen molar-refractivity contribution in [2.24, 2.45) is 0 Å². The second-order valence-electron chi connectivity index (χ2n) is 4.20. The number of rotatable bonds is 6. The Hall–Kier alpha value is -1.00. The molecule has 20 heavy (non-hydrogen) atoms. The van der Waals surface area contributed by atoms with E-state index < -0.39 is 12.7 Å². The molecule has 1 heterocycles. The van der Waals surface area contributed by atoms with Crippen LogP contribution in [0.15, 0.2) is 18.2 Å². The Morgan fingerprint density at radius 2 is 2.15 bits per heavy atom. The van der Waals surface area contributed by atoms with Crippen molar-refractivity contribution in [3.63, 3.8) is 0 Å². The highest BCUT2D eigenvalue weighted by Crippen LogP contribution is 2.26. The lowest BCUT2D eigenvalue weighted by molar-refractivity contribution is -0.0497. The largest absolute Gasteiger partial charge is 0.435 e. The average molecular weight is 398 g/mol. The molecule has 1 aromatic carbocycles. The first kappa shape index (κ1) is 15.4. The second-order valence-corrected chi connectivity index (χ2v) is 5.22. The Morgan fingerprint density at radius 1 is 1.40 bits per heavy atom. The molecule has 0 fully saturated rings. The summed E-state index contributed by atoms with van der Waals surface area (Å²) in [7, 11) is 0. The molecule has 0 saturated heterocycles. The molecule has 1 unspecified atom stereocenters. The van der Waals surface area contributed by atoms with Crippen LogP contribution >= 0.6 is 22.6 Å². The summed E-state index contributed by atoms with van der Waals surface area (Å²) in [5.41, 5.74) is 0.765. The molecule has 8 heteroatoms. The minimum Gasteiger partial charge on any atom is -0.435 e. The molecule has 5 nitrogen and oxygen atoms in total. The van der Waals surface area contributed by atoms with E-state index >= 15 is 0 Å². The van der Waals surface area contributed by atoms with Gasteiger partial charge in [0.1, 0.15) is 9.45 Å². The smallest absolute Gasteiger partial charge is 0.387 e. The molecule has 0 spiro atoms. The van der Waals surface area contributed by atoms with Crippen LogP contribution in [0.1, 0.15) is 6.42 Å². The third kappa shape index (κ3) is 3.55. The molecule has 0 amide bonds. The van der Waals surface area contributed by atoms with Gasteiger partial charge in [-0.05, 0) is 47.2 Å².